The first kappa shape index (κ1) is 17.4. The van der Waals surface area contributed by atoms with Crippen LogP contribution in [0, 0.1) is 0 Å². The van der Waals surface area contributed by atoms with Gasteiger partial charge in [-0.2, -0.15) is 5.10 Å². The van der Waals surface area contributed by atoms with Crippen LogP contribution in [0.3, 0.4) is 0 Å². The molecule has 8 heteroatoms. The van der Waals surface area contributed by atoms with Gasteiger partial charge in [0.15, 0.2) is 5.69 Å². The number of hydrogen-bond donors (Lipinski definition) is 1. The number of nitrogens with one attached hydrogen (secondary N) is 1. The van der Waals surface area contributed by atoms with Gasteiger partial charge in [0.2, 0.25) is 5.91 Å². The lowest BCUT2D eigenvalue weighted by molar-refractivity contribution is -0.114. The monoisotopic (exact) mass is 331 g/mol. The van der Waals surface area contributed by atoms with Crippen molar-refractivity contribution in [2.75, 3.05) is 19.0 Å². The SMILES string of the molecule is COCCn1nc(C(=O)Oc2ccc(NC(C)=O)cc2)ccc1=O. The largest absolute Gasteiger partial charge is 0.422 e. The van der Waals surface area contributed by atoms with Crippen molar-refractivity contribution in [1.82, 2.24) is 9.78 Å². The fraction of sp³-hybridized carbons (Fsp3) is 0.250. The summed E-state index contributed by atoms with van der Waals surface area (Å²) in [7, 11) is 1.51. The van der Waals surface area contributed by atoms with E-state index in [0.29, 0.717) is 18.0 Å². The van der Waals surface area contributed by atoms with E-state index in [9.17, 15) is 14.4 Å². The molecule has 8 nitrogen and oxygen atoms in total. The molecule has 0 saturated heterocycles. The topological polar surface area (TPSA) is 99.5 Å². The van der Waals surface area contributed by atoms with E-state index in [2.05, 4.69) is 10.4 Å². The molecule has 0 bridgehead atoms. The summed E-state index contributed by atoms with van der Waals surface area (Å²) >= 11 is 0. The number of ether oxygens (including phenoxy) is 2. The molecular weight excluding hydrogens is 314 g/mol. The van der Waals surface area contributed by atoms with Crippen LogP contribution in [0.25, 0.3) is 0 Å². The highest BCUT2D eigenvalue weighted by atomic mass is 16.5. The Balaban J connectivity index is 2.09. The summed E-state index contributed by atoms with van der Waals surface area (Å²) in [5.74, 6) is -0.582. The van der Waals surface area contributed by atoms with Gasteiger partial charge < -0.3 is 14.8 Å². The zero-order valence-corrected chi connectivity index (χ0v) is 13.3. The Hall–Kier alpha value is -3.00. The summed E-state index contributed by atoms with van der Waals surface area (Å²) in [6.45, 7) is 1.94. The number of anilines is 1. The third-order valence-electron chi connectivity index (χ3n) is 2.97. The summed E-state index contributed by atoms with van der Waals surface area (Å²) in [5, 5.41) is 6.56. The van der Waals surface area contributed by atoms with Crippen LogP contribution in [0.2, 0.25) is 0 Å². The molecule has 1 aromatic carbocycles. The van der Waals surface area contributed by atoms with Crippen molar-refractivity contribution >= 4 is 17.6 Å². The molecule has 2 rings (SSSR count). The van der Waals surface area contributed by atoms with Crippen LogP contribution in [-0.4, -0.2) is 35.4 Å². The molecule has 1 amide bonds. The van der Waals surface area contributed by atoms with Gasteiger partial charge in [-0.25, -0.2) is 9.48 Å². The molecule has 24 heavy (non-hydrogen) atoms. The van der Waals surface area contributed by atoms with Gasteiger partial charge in [0.05, 0.1) is 13.2 Å². The van der Waals surface area contributed by atoms with Gasteiger partial charge in [-0.15, -0.1) is 0 Å². The summed E-state index contributed by atoms with van der Waals surface area (Å²) in [6, 6.07) is 8.86. The fourth-order valence-corrected chi connectivity index (χ4v) is 1.86. The van der Waals surface area contributed by atoms with Crippen LogP contribution in [0.15, 0.2) is 41.2 Å². The Morgan fingerprint density at radius 1 is 1.17 bits per heavy atom. The minimum absolute atomic E-state index is 0.0108. The van der Waals surface area contributed by atoms with Crippen molar-refractivity contribution in [3.63, 3.8) is 0 Å². The van der Waals surface area contributed by atoms with E-state index in [4.69, 9.17) is 9.47 Å². The van der Waals surface area contributed by atoms with E-state index in [1.54, 1.807) is 24.3 Å². The van der Waals surface area contributed by atoms with Crippen LogP contribution in [0.1, 0.15) is 17.4 Å². The molecule has 0 fully saturated rings. The smallest absolute Gasteiger partial charge is 0.364 e. The van der Waals surface area contributed by atoms with Gasteiger partial charge in [-0.3, -0.25) is 9.59 Å². The van der Waals surface area contributed by atoms with Crippen LogP contribution in [0.4, 0.5) is 5.69 Å². The molecule has 1 N–H and O–H groups in total. The van der Waals surface area contributed by atoms with Crippen LogP contribution in [-0.2, 0) is 16.1 Å². The first-order valence-electron chi connectivity index (χ1n) is 7.16. The predicted octanol–water partition coefficient (Wildman–Crippen LogP) is 1.07. The van der Waals surface area contributed by atoms with Crippen molar-refractivity contribution < 1.29 is 19.1 Å². The number of carbonyl (C=O) groups is 2. The summed E-state index contributed by atoms with van der Waals surface area (Å²) in [5.41, 5.74) is 0.272. The Morgan fingerprint density at radius 2 is 1.88 bits per heavy atom. The second kappa shape index (κ2) is 8.02. The number of benzene rings is 1. The molecule has 0 aliphatic carbocycles. The number of carbonyl (C=O) groups excluding carboxylic acids is 2. The second-order valence-electron chi connectivity index (χ2n) is 4.87. The molecule has 126 valence electrons. The van der Waals surface area contributed by atoms with Crippen LogP contribution < -0.4 is 15.6 Å². The zero-order chi connectivity index (χ0) is 17.5. The molecule has 0 unspecified atom stereocenters. The third-order valence-corrected chi connectivity index (χ3v) is 2.97. The van der Waals surface area contributed by atoms with Crippen molar-refractivity contribution in [3.05, 3.63) is 52.4 Å². The molecule has 1 heterocycles. The lowest BCUT2D eigenvalue weighted by Gasteiger charge is -2.07. The summed E-state index contributed by atoms with van der Waals surface area (Å²) in [6.07, 6.45) is 0. The highest BCUT2D eigenvalue weighted by Gasteiger charge is 2.12. The molecular formula is C16H17N3O5. The number of esters is 1. The van der Waals surface area contributed by atoms with Gasteiger partial charge >= 0.3 is 5.97 Å². The quantitative estimate of drug-likeness (QED) is 0.628. The van der Waals surface area contributed by atoms with E-state index < -0.39 is 5.97 Å². The van der Waals surface area contributed by atoms with Crippen molar-refractivity contribution in [2.45, 2.75) is 13.5 Å². The standard InChI is InChI=1S/C16H17N3O5/c1-11(20)17-12-3-5-13(6-4-12)24-16(22)14-7-8-15(21)19(18-14)9-10-23-2/h3-8H,9-10H2,1-2H3,(H,17,20). The molecule has 0 aliphatic rings. The van der Waals surface area contributed by atoms with Gasteiger partial charge in [0.25, 0.3) is 5.56 Å². The minimum Gasteiger partial charge on any atom is -0.422 e. The second-order valence-corrected chi connectivity index (χ2v) is 4.87. The molecule has 0 radical (unpaired) electrons. The normalized spacial score (nSPS) is 10.2. The molecule has 0 spiro atoms. The Labute approximate surface area is 138 Å². The first-order valence-corrected chi connectivity index (χ1v) is 7.16. The Morgan fingerprint density at radius 3 is 2.50 bits per heavy atom. The van der Waals surface area contributed by atoms with E-state index in [1.807, 2.05) is 0 Å². The summed E-state index contributed by atoms with van der Waals surface area (Å²) < 4.78 is 11.2. The lowest BCUT2D eigenvalue weighted by atomic mass is 10.3. The molecule has 0 atom stereocenters. The van der Waals surface area contributed by atoms with Gasteiger partial charge in [-0.05, 0) is 30.3 Å². The molecule has 2 aromatic rings. The van der Waals surface area contributed by atoms with Crippen molar-refractivity contribution in [2.24, 2.45) is 0 Å². The average molecular weight is 331 g/mol. The van der Waals surface area contributed by atoms with Crippen LogP contribution in [0.5, 0.6) is 5.75 Å². The number of hydrogen-bond acceptors (Lipinski definition) is 6. The van der Waals surface area contributed by atoms with Gasteiger partial charge in [-0.1, -0.05) is 0 Å². The fourth-order valence-electron chi connectivity index (χ4n) is 1.86. The number of aromatic nitrogens is 2. The maximum absolute atomic E-state index is 12.1. The van der Waals surface area contributed by atoms with Crippen molar-refractivity contribution in [3.8, 4) is 5.75 Å². The highest BCUT2D eigenvalue weighted by molar-refractivity contribution is 5.90. The van der Waals surface area contributed by atoms with E-state index in [-0.39, 0.29) is 23.7 Å². The van der Waals surface area contributed by atoms with Gasteiger partial charge in [0.1, 0.15) is 5.75 Å². The zero-order valence-electron chi connectivity index (χ0n) is 13.3. The Bertz CT molecular complexity index is 783. The van der Waals surface area contributed by atoms with E-state index in [0.717, 1.165) is 4.68 Å². The molecule has 0 saturated carbocycles. The van der Waals surface area contributed by atoms with Gasteiger partial charge in [0, 0.05) is 25.8 Å². The lowest BCUT2D eigenvalue weighted by Crippen LogP contribution is -2.27. The molecule has 1 aromatic heterocycles. The third kappa shape index (κ3) is 4.75. The maximum Gasteiger partial charge on any atom is 0.364 e. The predicted molar refractivity (Wildman–Crippen MR) is 86.1 cm³/mol. The highest BCUT2D eigenvalue weighted by Crippen LogP contribution is 2.16. The van der Waals surface area contributed by atoms with E-state index >= 15 is 0 Å². The maximum atomic E-state index is 12.1. The number of amides is 1. The summed E-state index contributed by atoms with van der Waals surface area (Å²) in [4.78, 5) is 34.7. The molecule has 0 aliphatic heterocycles. The van der Waals surface area contributed by atoms with E-state index in [1.165, 1.54) is 26.2 Å². The number of nitrogens with zero attached hydrogens (tertiary/aromatic N) is 2. The number of rotatable bonds is 6. The van der Waals surface area contributed by atoms with Crippen LogP contribution >= 0.6 is 0 Å². The first-order chi connectivity index (χ1) is 11.5. The number of methoxy groups -OCH3 is 1. The minimum atomic E-state index is -0.687. The average Bonchev–Trinajstić information content (AvgIpc) is 2.55. The van der Waals surface area contributed by atoms with Crippen molar-refractivity contribution in [1.29, 1.82) is 0 Å². The Kier molecular flexibility index (Phi) is 5.80.